The molecule has 0 amide bonds. The molecule has 0 aromatic carbocycles. The van der Waals surface area contributed by atoms with Gasteiger partial charge in [0.25, 0.3) is 0 Å². The molecule has 82 valence electrons. The van der Waals surface area contributed by atoms with E-state index in [2.05, 4.69) is 19.2 Å². The summed E-state index contributed by atoms with van der Waals surface area (Å²) in [5.74, 6) is 1.06. The Bertz CT molecular complexity index is 176. The van der Waals surface area contributed by atoms with Gasteiger partial charge in [-0.05, 0) is 37.0 Å². The molecule has 0 bridgehead atoms. The molecule has 2 fully saturated rings. The summed E-state index contributed by atoms with van der Waals surface area (Å²) in [4.78, 5) is 0. The summed E-state index contributed by atoms with van der Waals surface area (Å²) in [6.07, 6.45) is 10.5. The average molecular weight is 195 g/mol. The number of hydrogen-bond donors (Lipinski definition) is 1. The Hall–Kier alpha value is -0.0400. The van der Waals surface area contributed by atoms with Crippen molar-refractivity contribution in [3.63, 3.8) is 0 Å². The van der Waals surface area contributed by atoms with E-state index in [1.54, 1.807) is 0 Å². The SMILES string of the molecule is CC(C)NCC1(C2CCCCC2)CC1. The lowest BCUT2D eigenvalue weighted by Crippen LogP contribution is -2.34. The van der Waals surface area contributed by atoms with Gasteiger partial charge in [-0.2, -0.15) is 0 Å². The Morgan fingerprint density at radius 3 is 2.29 bits per heavy atom. The Kier molecular flexibility index (Phi) is 3.16. The van der Waals surface area contributed by atoms with Gasteiger partial charge in [-0.15, -0.1) is 0 Å². The van der Waals surface area contributed by atoms with Gasteiger partial charge in [-0.25, -0.2) is 0 Å². The van der Waals surface area contributed by atoms with Crippen molar-refractivity contribution in [2.75, 3.05) is 6.54 Å². The third-order valence-corrected chi connectivity index (χ3v) is 4.23. The molecule has 0 unspecified atom stereocenters. The van der Waals surface area contributed by atoms with E-state index in [1.807, 2.05) is 0 Å². The summed E-state index contributed by atoms with van der Waals surface area (Å²) < 4.78 is 0. The van der Waals surface area contributed by atoms with Gasteiger partial charge in [0.05, 0.1) is 0 Å². The highest BCUT2D eigenvalue weighted by atomic mass is 14.9. The molecule has 2 aliphatic carbocycles. The maximum absolute atomic E-state index is 3.65. The lowest BCUT2D eigenvalue weighted by Gasteiger charge is -2.31. The highest BCUT2D eigenvalue weighted by Gasteiger charge is 2.48. The fourth-order valence-electron chi connectivity index (χ4n) is 3.01. The fraction of sp³-hybridized carbons (Fsp3) is 1.00. The molecular weight excluding hydrogens is 170 g/mol. The van der Waals surface area contributed by atoms with Crippen LogP contribution in [0, 0.1) is 11.3 Å². The first kappa shape index (κ1) is 10.5. The molecule has 0 saturated heterocycles. The lowest BCUT2D eigenvalue weighted by atomic mass is 9.77. The first-order valence-corrected chi connectivity index (χ1v) is 6.46. The quantitative estimate of drug-likeness (QED) is 0.725. The van der Waals surface area contributed by atoms with Crippen LogP contribution in [-0.2, 0) is 0 Å². The van der Waals surface area contributed by atoms with Gasteiger partial charge >= 0.3 is 0 Å². The second-order valence-corrected chi connectivity index (χ2v) is 5.73. The van der Waals surface area contributed by atoms with Crippen molar-refractivity contribution in [1.82, 2.24) is 5.32 Å². The first-order valence-electron chi connectivity index (χ1n) is 6.46. The largest absolute Gasteiger partial charge is 0.314 e. The van der Waals surface area contributed by atoms with Crippen LogP contribution in [0.2, 0.25) is 0 Å². The van der Waals surface area contributed by atoms with Gasteiger partial charge in [-0.3, -0.25) is 0 Å². The minimum Gasteiger partial charge on any atom is -0.314 e. The Balaban J connectivity index is 1.81. The van der Waals surface area contributed by atoms with Crippen molar-refractivity contribution in [2.24, 2.45) is 11.3 Å². The standard InChI is InChI=1S/C13H25N/c1-11(2)14-10-13(8-9-13)12-6-4-3-5-7-12/h11-12,14H,3-10H2,1-2H3. The van der Waals surface area contributed by atoms with Crippen LogP contribution in [0.25, 0.3) is 0 Å². The molecule has 1 N–H and O–H groups in total. The predicted octanol–water partition coefficient (Wildman–Crippen LogP) is 3.34. The van der Waals surface area contributed by atoms with Gasteiger partial charge < -0.3 is 5.32 Å². The van der Waals surface area contributed by atoms with Crippen molar-refractivity contribution >= 4 is 0 Å². The third-order valence-electron chi connectivity index (χ3n) is 4.23. The van der Waals surface area contributed by atoms with E-state index in [4.69, 9.17) is 0 Å². The summed E-state index contributed by atoms with van der Waals surface area (Å²) in [5, 5.41) is 3.65. The second kappa shape index (κ2) is 4.22. The van der Waals surface area contributed by atoms with Crippen LogP contribution in [0.5, 0.6) is 0 Å². The highest BCUT2D eigenvalue weighted by Crippen LogP contribution is 2.55. The van der Waals surface area contributed by atoms with Crippen molar-refractivity contribution in [1.29, 1.82) is 0 Å². The second-order valence-electron chi connectivity index (χ2n) is 5.73. The minimum atomic E-state index is 0.663. The van der Waals surface area contributed by atoms with Crippen molar-refractivity contribution < 1.29 is 0 Å². The van der Waals surface area contributed by atoms with Crippen LogP contribution in [0.15, 0.2) is 0 Å². The Morgan fingerprint density at radius 2 is 1.79 bits per heavy atom. The van der Waals surface area contributed by atoms with Gasteiger partial charge in [0.1, 0.15) is 0 Å². The fourth-order valence-corrected chi connectivity index (χ4v) is 3.01. The normalized spacial score (nSPS) is 26.8. The zero-order valence-electron chi connectivity index (χ0n) is 9.81. The van der Waals surface area contributed by atoms with E-state index in [-0.39, 0.29) is 0 Å². The van der Waals surface area contributed by atoms with E-state index >= 15 is 0 Å². The summed E-state index contributed by atoms with van der Waals surface area (Å²) in [5.41, 5.74) is 0.741. The summed E-state index contributed by atoms with van der Waals surface area (Å²) in [7, 11) is 0. The van der Waals surface area contributed by atoms with E-state index in [9.17, 15) is 0 Å². The molecule has 0 aromatic rings. The van der Waals surface area contributed by atoms with Gasteiger partial charge in [0, 0.05) is 12.6 Å². The smallest absolute Gasteiger partial charge is 0.00128 e. The molecule has 1 nitrogen and oxygen atoms in total. The Morgan fingerprint density at radius 1 is 1.14 bits per heavy atom. The molecule has 1 heteroatoms. The molecule has 2 aliphatic rings. The molecule has 0 aromatic heterocycles. The summed E-state index contributed by atoms with van der Waals surface area (Å²) in [6.45, 7) is 5.81. The van der Waals surface area contributed by atoms with E-state index in [0.717, 1.165) is 11.3 Å². The monoisotopic (exact) mass is 195 g/mol. The molecule has 2 saturated carbocycles. The molecule has 2 rings (SSSR count). The minimum absolute atomic E-state index is 0.663. The molecule has 14 heavy (non-hydrogen) atoms. The van der Waals surface area contributed by atoms with E-state index in [0.29, 0.717) is 6.04 Å². The number of nitrogens with one attached hydrogen (secondary N) is 1. The molecule has 0 radical (unpaired) electrons. The molecule has 0 aliphatic heterocycles. The summed E-state index contributed by atoms with van der Waals surface area (Å²) >= 11 is 0. The maximum atomic E-state index is 3.65. The van der Waals surface area contributed by atoms with Gasteiger partial charge in [0.15, 0.2) is 0 Å². The van der Waals surface area contributed by atoms with Crippen LogP contribution in [-0.4, -0.2) is 12.6 Å². The third kappa shape index (κ3) is 2.31. The van der Waals surface area contributed by atoms with Crippen molar-refractivity contribution in [3.05, 3.63) is 0 Å². The zero-order valence-corrected chi connectivity index (χ0v) is 9.81. The van der Waals surface area contributed by atoms with E-state index < -0.39 is 0 Å². The highest BCUT2D eigenvalue weighted by molar-refractivity contribution is 5.00. The van der Waals surface area contributed by atoms with Crippen molar-refractivity contribution in [3.8, 4) is 0 Å². The molecule has 0 heterocycles. The number of rotatable bonds is 4. The lowest BCUT2D eigenvalue weighted by molar-refractivity contribution is 0.217. The van der Waals surface area contributed by atoms with Crippen LogP contribution in [0.1, 0.15) is 58.8 Å². The first-order chi connectivity index (χ1) is 6.73. The van der Waals surface area contributed by atoms with Crippen molar-refractivity contribution in [2.45, 2.75) is 64.8 Å². The van der Waals surface area contributed by atoms with Crippen LogP contribution in [0.4, 0.5) is 0 Å². The van der Waals surface area contributed by atoms with Gasteiger partial charge in [-0.1, -0.05) is 33.1 Å². The topological polar surface area (TPSA) is 12.0 Å². The number of hydrogen-bond acceptors (Lipinski definition) is 1. The van der Waals surface area contributed by atoms with Gasteiger partial charge in [0.2, 0.25) is 0 Å². The summed E-state index contributed by atoms with van der Waals surface area (Å²) in [6, 6.07) is 0.663. The average Bonchev–Trinajstić information content (AvgIpc) is 2.97. The van der Waals surface area contributed by atoms with Crippen LogP contribution < -0.4 is 5.32 Å². The predicted molar refractivity (Wildman–Crippen MR) is 61.4 cm³/mol. The molecule has 0 atom stereocenters. The molecule has 0 spiro atoms. The zero-order chi connectivity index (χ0) is 10.0. The molecular formula is C13H25N. The Labute approximate surface area is 88.7 Å². The van der Waals surface area contributed by atoms with Crippen LogP contribution >= 0.6 is 0 Å². The maximum Gasteiger partial charge on any atom is 0.00128 e. The van der Waals surface area contributed by atoms with Crippen LogP contribution in [0.3, 0.4) is 0 Å². The van der Waals surface area contributed by atoms with E-state index in [1.165, 1.54) is 51.5 Å².